The Morgan fingerprint density at radius 2 is 2.27 bits per heavy atom. The van der Waals surface area contributed by atoms with Gasteiger partial charge in [0.15, 0.2) is 0 Å². The van der Waals surface area contributed by atoms with Crippen LogP contribution in [0.5, 0.6) is 0 Å². The van der Waals surface area contributed by atoms with Crippen molar-refractivity contribution in [3.8, 4) is 11.1 Å². The third-order valence-corrected chi connectivity index (χ3v) is 4.17. The molecular formula is C15H11FN2O3S. The average molecular weight is 318 g/mol. The summed E-state index contributed by atoms with van der Waals surface area (Å²) >= 11 is 1.22. The normalized spacial score (nSPS) is 10.8. The summed E-state index contributed by atoms with van der Waals surface area (Å²) in [6.07, 6.45) is 1.30. The van der Waals surface area contributed by atoms with Gasteiger partial charge in [-0.1, -0.05) is 12.1 Å². The molecule has 0 atom stereocenters. The molecule has 3 rings (SSSR count). The molecule has 0 N–H and O–H groups in total. The minimum atomic E-state index is -0.523. The molecule has 112 valence electrons. The highest BCUT2D eigenvalue weighted by atomic mass is 32.1. The van der Waals surface area contributed by atoms with E-state index in [9.17, 15) is 14.0 Å². The number of ether oxygens (including phenoxy) is 1. The van der Waals surface area contributed by atoms with Gasteiger partial charge in [-0.3, -0.25) is 14.2 Å². The van der Waals surface area contributed by atoms with Gasteiger partial charge in [0, 0.05) is 10.9 Å². The third kappa shape index (κ3) is 2.50. The molecule has 1 aromatic carbocycles. The van der Waals surface area contributed by atoms with E-state index in [4.69, 9.17) is 0 Å². The molecule has 3 aromatic rings. The van der Waals surface area contributed by atoms with Crippen LogP contribution in [-0.2, 0) is 16.1 Å². The molecule has 0 bridgehead atoms. The molecule has 0 aliphatic heterocycles. The number of esters is 1. The van der Waals surface area contributed by atoms with Gasteiger partial charge in [0.2, 0.25) is 0 Å². The van der Waals surface area contributed by atoms with E-state index in [1.807, 2.05) is 0 Å². The average Bonchev–Trinajstić information content (AvgIpc) is 2.94. The van der Waals surface area contributed by atoms with Crippen molar-refractivity contribution in [1.29, 1.82) is 0 Å². The molecular weight excluding hydrogens is 307 g/mol. The van der Waals surface area contributed by atoms with E-state index in [-0.39, 0.29) is 17.9 Å². The van der Waals surface area contributed by atoms with E-state index >= 15 is 0 Å². The van der Waals surface area contributed by atoms with Crippen LogP contribution in [0.25, 0.3) is 21.3 Å². The number of carbonyl (C=O) groups excluding carboxylic acids is 1. The Morgan fingerprint density at radius 3 is 3.00 bits per heavy atom. The highest BCUT2D eigenvalue weighted by molar-refractivity contribution is 7.17. The van der Waals surface area contributed by atoms with Crippen LogP contribution >= 0.6 is 11.3 Å². The summed E-state index contributed by atoms with van der Waals surface area (Å²) in [7, 11) is 1.26. The Kier molecular flexibility index (Phi) is 3.72. The summed E-state index contributed by atoms with van der Waals surface area (Å²) in [6.45, 7) is -0.189. The Morgan fingerprint density at radius 1 is 1.45 bits per heavy atom. The summed E-state index contributed by atoms with van der Waals surface area (Å²) in [5.41, 5.74) is 1.54. The van der Waals surface area contributed by atoms with Crippen LogP contribution in [0.1, 0.15) is 0 Å². The molecule has 0 fully saturated rings. The van der Waals surface area contributed by atoms with Crippen LogP contribution in [-0.4, -0.2) is 22.6 Å². The van der Waals surface area contributed by atoms with Gasteiger partial charge in [-0.2, -0.15) is 0 Å². The van der Waals surface area contributed by atoms with Crippen molar-refractivity contribution >= 4 is 27.5 Å². The number of aromatic nitrogens is 2. The van der Waals surface area contributed by atoms with Gasteiger partial charge in [-0.05, 0) is 17.7 Å². The van der Waals surface area contributed by atoms with Gasteiger partial charge in [0.25, 0.3) is 5.56 Å². The van der Waals surface area contributed by atoms with Crippen molar-refractivity contribution in [2.75, 3.05) is 7.11 Å². The minimum Gasteiger partial charge on any atom is -0.468 e. The number of rotatable bonds is 3. The topological polar surface area (TPSA) is 61.2 Å². The number of carbonyl (C=O) groups is 1. The molecule has 0 unspecified atom stereocenters. The SMILES string of the molecule is COC(=O)Cn1cnc2c(-c3cccc(F)c3)csc2c1=O. The Hall–Kier alpha value is -2.54. The molecule has 5 nitrogen and oxygen atoms in total. The van der Waals surface area contributed by atoms with Crippen LogP contribution in [0.3, 0.4) is 0 Å². The first-order valence-corrected chi connectivity index (χ1v) is 7.27. The largest absolute Gasteiger partial charge is 0.468 e. The lowest BCUT2D eigenvalue weighted by molar-refractivity contribution is -0.141. The summed E-state index contributed by atoms with van der Waals surface area (Å²) in [6, 6.07) is 6.11. The summed E-state index contributed by atoms with van der Waals surface area (Å²) in [4.78, 5) is 27.9. The minimum absolute atomic E-state index is 0.189. The molecule has 0 radical (unpaired) electrons. The second kappa shape index (κ2) is 5.69. The summed E-state index contributed by atoms with van der Waals surface area (Å²) in [5, 5.41) is 1.76. The number of thiophene rings is 1. The van der Waals surface area contributed by atoms with E-state index in [0.29, 0.717) is 21.3 Å². The maximum Gasteiger partial charge on any atom is 0.325 e. The monoisotopic (exact) mass is 318 g/mol. The fourth-order valence-electron chi connectivity index (χ4n) is 2.12. The van der Waals surface area contributed by atoms with E-state index in [0.717, 1.165) is 0 Å². The van der Waals surface area contributed by atoms with Gasteiger partial charge in [0.1, 0.15) is 17.1 Å². The molecule has 2 aromatic heterocycles. The van der Waals surface area contributed by atoms with E-state index in [1.54, 1.807) is 17.5 Å². The van der Waals surface area contributed by atoms with E-state index in [2.05, 4.69) is 9.72 Å². The fraction of sp³-hybridized carbons (Fsp3) is 0.133. The van der Waals surface area contributed by atoms with Crippen LogP contribution < -0.4 is 5.56 Å². The summed E-state index contributed by atoms with van der Waals surface area (Å²) in [5.74, 6) is -0.874. The number of benzene rings is 1. The van der Waals surface area contributed by atoms with Crippen molar-refractivity contribution < 1.29 is 13.9 Å². The highest BCUT2D eigenvalue weighted by Gasteiger charge is 2.14. The predicted octanol–water partition coefficient (Wildman–Crippen LogP) is 2.44. The zero-order valence-corrected chi connectivity index (χ0v) is 12.4. The zero-order chi connectivity index (χ0) is 15.7. The van der Waals surface area contributed by atoms with Gasteiger partial charge in [-0.15, -0.1) is 11.3 Å². The Bertz CT molecular complexity index is 917. The van der Waals surface area contributed by atoms with Crippen molar-refractivity contribution in [3.63, 3.8) is 0 Å². The number of methoxy groups -OCH3 is 1. The molecule has 7 heteroatoms. The first-order chi connectivity index (χ1) is 10.6. The van der Waals surface area contributed by atoms with Crippen molar-refractivity contribution in [2.24, 2.45) is 0 Å². The molecule has 0 aliphatic rings. The number of hydrogen-bond acceptors (Lipinski definition) is 5. The highest BCUT2D eigenvalue weighted by Crippen LogP contribution is 2.30. The lowest BCUT2D eigenvalue weighted by Gasteiger charge is -2.04. The zero-order valence-electron chi connectivity index (χ0n) is 11.6. The van der Waals surface area contributed by atoms with Crippen LogP contribution in [0.15, 0.2) is 40.8 Å². The fourth-order valence-corrected chi connectivity index (χ4v) is 3.09. The molecule has 0 saturated carbocycles. The van der Waals surface area contributed by atoms with Crippen molar-refractivity contribution in [1.82, 2.24) is 9.55 Å². The van der Waals surface area contributed by atoms with Gasteiger partial charge in [0.05, 0.1) is 19.0 Å². The van der Waals surface area contributed by atoms with Crippen LogP contribution in [0, 0.1) is 5.82 Å². The van der Waals surface area contributed by atoms with E-state index < -0.39 is 5.97 Å². The standard InChI is InChI=1S/C15H11FN2O3S/c1-21-12(19)6-18-8-17-13-11(7-22-14(13)15(18)20)9-3-2-4-10(16)5-9/h2-5,7-8H,6H2,1H3. The van der Waals surface area contributed by atoms with Crippen LogP contribution in [0.2, 0.25) is 0 Å². The van der Waals surface area contributed by atoms with Gasteiger partial charge < -0.3 is 4.74 Å². The predicted molar refractivity (Wildman–Crippen MR) is 81.3 cm³/mol. The van der Waals surface area contributed by atoms with E-state index in [1.165, 1.54) is 41.5 Å². The van der Waals surface area contributed by atoms with Crippen molar-refractivity contribution in [3.05, 3.63) is 52.1 Å². The third-order valence-electron chi connectivity index (χ3n) is 3.21. The van der Waals surface area contributed by atoms with Crippen molar-refractivity contribution in [2.45, 2.75) is 6.54 Å². The quantitative estimate of drug-likeness (QED) is 0.696. The second-order valence-corrected chi connectivity index (χ2v) is 5.47. The number of halogens is 1. The molecule has 0 aliphatic carbocycles. The summed E-state index contributed by atoms with van der Waals surface area (Å²) < 4.78 is 19.5. The molecule has 2 heterocycles. The molecule has 0 saturated heterocycles. The smallest absolute Gasteiger partial charge is 0.325 e. The molecule has 0 spiro atoms. The Labute approximate surface area is 128 Å². The molecule has 0 amide bonds. The first-order valence-electron chi connectivity index (χ1n) is 6.39. The first kappa shape index (κ1) is 14.4. The van der Waals surface area contributed by atoms with Gasteiger partial charge in [-0.25, -0.2) is 9.37 Å². The lowest BCUT2D eigenvalue weighted by atomic mass is 10.1. The lowest BCUT2D eigenvalue weighted by Crippen LogP contribution is -2.24. The number of nitrogens with zero attached hydrogens (tertiary/aromatic N) is 2. The maximum atomic E-state index is 13.4. The molecule has 22 heavy (non-hydrogen) atoms. The second-order valence-electron chi connectivity index (χ2n) is 4.59. The van der Waals surface area contributed by atoms with Gasteiger partial charge >= 0.3 is 5.97 Å². The maximum absolute atomic E-state index is 13.4. The Balaban J connectivity index is 2.12. The number of hydrogen-bond donors (Lipinski definition) is 0. The number of fused-ring (bicyclic) bond motifs is 1. The van der Waals surface area contributed by atoms with Crippen LogP contribution in [0.4, 0.5) is 4.39 Å².